The van der Waals surface area contributed by atoms with Crippen molar-refractivity contribution in [3.8, 4) is 0 Å². The van der Waals surface area contributed by atoms with Gasteiger partial charge in [-0.1, -0.05) is 51.9 Å². The van der Waals surface area contributed by atoms with E-state index in [0.29, 0.717) is 6.61 Å². The van der Waals surface area contributed by atoms with Crippen molar-refractivity contribution < 1.29 is 18.7 Å². The molecule has 0 saturated heterocycles. The molecule has 4 nitrogen and oxygen atoms in total. The third kappa shape index (κ3) is 12.2. The Bertz CT molecular complexity index is 292. The van der Waals surface area contributed by atoms with E-state index in [9.17, 15) is 13.9 Å². The van der Waals surface area contributed by atoms with Crippen molar-refractivity contribution in [1.82, 2.24) is 0 Å². The molecule has 0 aromatic carbocycles. The molecule has 19 heavy (non-hydrogen) atoms. The molecule has 0 N–H and O–H groups in total. The van der Waals surface area contributed by atoms with E-state index in [1.54, 1.807) is 0 Å². The van der Waals surface area contributed by atoms with Crippen LogP contribution in [-0.4, -0.2) is 18.2 Å². The van der Waals surface area contributed by atoms with Gasteiger partial charge in [0.2, 0.25) is 0 Å². The lowest BCUT2D eigenvalue weighted by atomic mass is 10.1. The molecule has 0 rings (SSSR count). The molecule has 1 unspecified atom stereocenters. The zero-order valence-electron chi connectivity index (χ0n) is 12.2. The summed E-state index contributed by atoms with van der Waals surface area (Å²) >= 11 is 0. The van der Waals surface area contributed by atoms with E-state index in [1.807, 2.05) is 0 Å². The van der Waals surface area contributed by atoms with Gasteiger partial charge in [0.15, 0.2) is 0 Å². The monoisotopic (exact) mass is 290 g/mol. The molecule has 0 fully saturated rings. The highest BCUT2D eigenvalue weighted by Crippen LogP contribution is 2.17. The van der Waals surface area contributed by atoms with Gasteiger partial charge in [-0.05, 0) is 13.3 Å². The molecule has 0 aliphatic carbocycles. The smallest absolute Gasteiger partial charge is 0.319 e. The maximum atomic E-state index is 11.3. The van der Waals surface area contributed by atoms with Gasteiger partial charge in [0.25, 0.3) is 0 Å². The number of rotatable bonds is 12. The highest BCUT2D eigenvalue weighted by atomic mass is 31.1. The Morgan fingerprint density at radius 3 is 2.05 bits per heavy atom. The topological polar surface area (TPSA) is 60.4 Å². The number of ether oxygens (including phenoxy) is 1. The summed E-state index contributed by atoms with van der Waals surface area (Å²) in [4.78, 5) is 11.3. The highest BCUT2D eigenvalue weighted by molar-refractivity contribution is 7.31. The van der Waals surface area contributed by atoms with Crippen molar-refractivity contribution in [3.63, 3.8) is 0 Å². The summed E-state index contributed by atoms with van der Waals surface area (Å²) in [5.41, 5.74) is -0.624. The zero-order valence-corrected chi connectivity index (χ0v) is 13.1. The van der Waals surface area contributed by atoms with Crippen molar-refractivity contribution >= 4 is 13.6 Å². The van der Waals surface area contributed by atoms with E-state index in [-0.39, 0.29) is 6.42 Å². The summed E-state index contributed by atoms with van der Waals surface area (Å²) < 4.78 is 26.2. The summed E-state index contributed by atoms with van der Waals surface area (Å²) in [7, 11) is -2.53. The lowest BCUT2D eigenvalue weighted by molar-refractivity contribution is -0.143. The molecule has 0 aliphatic rings. The van der Waals surface area contributed by atoms with Crippen LogP contribution in [0.5, 0.6) is 0 Å². The molecule has 0 saturated carbocycles. The van der Waals surface area contributed by atoms with Crippen molar-refractivity contribution in [3.05, 3.63) is 0 Å². The first kappa shape index (κ1) is 18.4. The number of esters is 1. The van der Waals surface area contributed by atoms with E-state index in [2.05, 4.69) is 6.92 Å². The van der Waals surface area contributed by atoms with Gasteiger partial charge in [-0.15, -0.1) is 0 Å². The van der Waals surface area contributed by atoms with Crippen LogP contribution in [0.1, 0.15) is 71.6 Å². The molecular formula is C14H27O4P. The molecular weight excluding hydrogens is 263 g/mol. The first-order valence-electron chi connectivity index (χ1n) is 7.37. The predicted molar refractivity (Wildman–Crippen MR) is 75.9 cm³/mol. The minimum absolute atomic E-state index is 0.0320. The molecule has 5 heteroatoms. The number of hydrogen-bond donors (Lipinski definition) is 0. The molecule has 0 heterocycles. The highest BCUT2D eigenvalue weighted by Gasteiger charge is 2.14. The number of hydrogen-bond acceptors (Lipinski definition) is 4. The lowest BCUT2D eigenvalue weighted by Gasteiger charge is -2.05. The fourth-order valence-corrected chi connectivity index (χ4v) is 2.09. The van der Waals surface area contributed by atoms with Gasteiger partial charge in [0, 0.05) is 0 Å². The van der Waals surface area contributed by atoms with Gasteiger partial charge >= 0.3 is 13.6 Å². The van der Waals surface area contributed by atoms with Crippen molar-refractivity contribution in [2.24, 2.45) is 0 Å². The van der Waals surface area contributed by atoms with E-state index >= 15 is 0 Å². The summed E-state index contributed by atoms with van der Waals surface area (Å²) in [6.45, 7) is 4.14. The SMILES string of the molecule is CCCCCCCCCCOC(=O)CC(C)P(=O)=O. The molecule has 0 amide bonds. The maximum Gasteiger partial charge on any atom is 0.319 e. The number of carbonyl (C=O) groups excluding carboxylic acids is 1. The van der Waals surface area contributed by atoms with Gasteiger partial charge in [-0.3, -0.25) is 4.79 Å². The van der Waals surface area contributed by atoms with E-state index in [1.165, 1.54) is 45.4 Å². The molecule has 0 bridgehead atoms. The molecule has 0 aromatic heterocycles. The van der Waals surface area contributed by atoms with Crippen LogP contribution in [0.2, 0.25) is 0 Å². The van der Waals surface area contributed by atoms with Crippen molar-refractivity contribution in [2.75, 3.05) is 6.61 Å². The number of carbonyl (C=O) groups is 1. The lowest BCUT2D eigenvalue weighted by Crippen LogP contribution is -2.10. The van der Waals surface area contributed by atoms with E-state index in [4.69, 9.17) is 4.74 Å². The first-order chi connectivity index (χ1) is 9.07. The Kier molecular flexibility index (Phi) is 12.0. The third-order valence-corrected chi connectivity index (χ3v) is 3.99. The van der Waals surface area contributed by atoms with Crippen molar-refractivity contribution in [1.29, 1.82) is 0 Å². The predicted octanol–water partition coefficient (Wildman–Crippen LogP) is 4.62. The maximum absolute atomic E-state index is 11.3. The van der Waals surface area contributed by atoms with Crippen LogP contribution in [0, 0.1) is 0 Å². The summed E-state index contributed by atoms with van der Waals surface area (Å²) in [5, 5.41) is 0. The average Bonchev–Trinajstić information content (AvgIpc) is 2.36. The minimum atomic E-state index is -2.53. The van der Waals surface area contributed by atoms with Crippen LogP contribution in [0.25, 0.3) is 0 Å². The van der Waals surface area contributed by atoms with Crippen LogP contribution in [0.3, 0.4) is 0 Å². The largest absolute Gasteiger partial charge is 0.466 e. The first-order valence-corrected chi connectivity index (χ1v) is 8.61. The average molecular weight is 290 g/mol. The third-order valence-electron chi connectivity index (χ3n) is 3.08. The fourth-order valence-electron chi connectivity index (χ4n) is 1.80. The Labute approximate surface area is 117 Å². The molecule has 112 valence electrons. The van der Waals surface area contributed by atoms with Crippen LogP contribution < -0.4 is 0 Å². The van der Waals surface area contributed by atoms with Crippen LogP contribution in [-0.2, 0) is 18.7 Å². The quantitative estimate of drug-likeness (QED) is 0.299. The Hall–Kier alpha value is -0.630. The molecule has 1 atom stereocenters. The molecule has 0 spiro atoms. The Balaban J connectivity index is 3.32. The zero-order chi connectivity index (χ0) is 14.5. The molecule has 0 aromatic rings. The minimum Gasteiger partial charge on any atom is -0.466 e. The molecule has 0 aliphatic heterocycles. The van der Waals surface area contributed by atoms with E-state index in [0.717, 1.165) is 12.8 Å². The Morgan fingerprint density at radius 2 is 1.53 bits per heavy atom. The second kappa shape index (κ2) is 12.4. The van der Waals surface area contributed by atoms with Gasteiger partial charge < -0.3 is 4.74 Å². The number of unbranched alkanes of at least 4 members (excludes halogenated alkanes) is 7. The van der Waals surface area contributed by atoms with Crippen LogP contribution in [0.15, 0.2) is 0 Å². The van der Waals surface area contributed by atoms with Crippen molar-refractivity contribution in [2.45, 2.75) is 77.3 Å². The summed E-state index contributed by atoms with van der Waals surface area (Å²) in [6.07, 6.45) is 9.54. The fraction of sp³-hybridized carbons (Fsp3) is 0.929. The normalized spacial score (nSPS) is 12.1. The van der Waals surface area contributed by atoms with Gasteiger partial charge in [0.05, 0.1) is 18.7 Å². The summed E-state index contributed by atoms with van der Waals surface area (Å²) in [6, 6.07) is 0. The second-order valence-electron chi connectivity index (χ2n) is 5.03. The van der Waals surface area contributed by atoms with Gasteiger partial charge in [-0.2, -0.15) is 0 Å². The van der Waals surface area contributed by atoms with E-state index < -0.39 is 19.3 Å². The van der Waals surface area contributed by atoms with Gasteiger partial charge in [0.1, 0.15) is 0 Å². The summed E-state index contributed by atoms with van der Waals surface area (Å²) in [5.74, 6) is -0.408. The van der Waals surface area contributed by atoms with Crippen LogP contribution >= 0.6 is 7.68 Å². The standard InChI is InChI=1S/C14H27O4P/c1-3-4-5-6-7-8-9-10-11-18-14(15)12-13(2)19(16)17/h13H,3-12H2,1-2H3. The molecule has 0 radical (unpaired) electrons. The van der Waals surface area contributed by atoms with Crippen LogP contribution in [0.4, 0.5) is 0 Å². The van der Waals surface area contributed by atoms with Gasteiger partial charge in [-0.25, -0.2) is 9.13 Å². The second-order valence-corrected chi connectivity index (χ2v) is 6.49. The Morgan fingerprint density at radius 1 is 1.00 bits per heavy atom.